The van der Waals surface area contributed by atoms with Gasteiger partial charge in [0.1, 0.15) is 11.5 Å². The molecule has 1 atom stereocenters. The fourth-order valence-electron chi connectivity index (χ4n) is 2.24. The molecule has 0 spiro atoms. The molecule has 122 valence electrons. The molecule has 0 bridgehead atoms. The van der Waals surface area contributed by atoms with Gasteiger partial charge in [0.15, 0.2) is 6.61 Å². The van der Waals surface area contributed by atoms with Crippen LogP contribution in [0.15, 0.2) is 42.5 Å². The second-order valence-corrected chi connectivity index (χ2v) is 5.64. The first kappa shape index (κ1) is 17.2. The highest BCUT2D eigenvalue weighted by atomic mass is 35.5. The van der Waals surface area contributed by atoms with E-state index in [0.29, 0.717) is 10.8 Å². The van der Waals surface area contributed by atoms with Gasteiger partial charge in [-0.2, -0.15) is 0 Å². The molecule has 0 fully saturated rings. The molecule has 0 unspecified atom stereocenters. The van der Waals surface area contributed by atoms with Crippen LogP contribution in [-0.2, 0) is 4.79 Å². The molecule has 2 aromatic carbocycles. The maximum Gasteiger partial charge on any atom is 0.258 e. The summed E-state index contributed by atoms with van der Waals surface area (Å²) >= 11 is 5.96. The number of aryl methyl sites for hydroxylation is 1. The fourth-order valence-corrected chi connectivity index (χ4v) is 2.36. The van der Waals surface area contributed by atoms with Crippen molar-refractivity contribution in [2.24, 2.45) is 0 Å². The zero-order chi connectivity index (χ0) is 16.8. The monoisotopic (exact) mass is 333 g/mol. The summed E-state index contributed by atoms with van der Waals surface area (Å²) in [5, 5.41) is 3.57. The zero-order valence-electron chi connectivity index (χ0n) is 13.4. The number of methoxy groups -OCH3 is 1. The first-order valence-corrected chi connectivity index (χ1v) is 7.70. The molecule has 0 aliphatic carbocycles. The van der Waals surface area contributed by atoms with Gasteiger partial charge in [-0.1, -0.05) is 29.8 Å². The fraction of sp³-hybridized carbons (Fsp3) is 0.278. The van der Waals surface area contributed by atoms with Gasteiger partial charge >= 0.3 is 0 Å². The number of carbonyl (C=O) groups excluding carboxylic acids is 1. The minimum atomic E-state index is -0.198. The summed E-state index contributed by atoms with van der Waals surface area (Å²) in [5.41, 5.74) is 1.83. The Balaban J connectivity index is 1.92. The Labute approximate surface area is 141 Å². The van der Waals surface area contributed by atoms with E-state index in [4.69, 9.17) is 21.1 Å². The van der Waals surface area contributed by atoms with Crippen LogP contribution >= 0.6 is 11.6 Å². The van der Waals surface area contributed by atoms with E-state index in [2.05, 4.69) is 5.32 Å². The highest BCUT2D eigenvalue weighted by Crippen LogP contribution is 2.24. The number of nitrogens with one attached hydrogen (secondary N) is 1. The number of benzene rings is 2. The number of carbonyl (C=O) groups is 1. The van der Waals surface area contributed by atoms with E-state index in [9.17, 15) is 4.79 Å². The molecule has 0 aliphatic heterocycles. The topological polar surface area (TPSA) is 47.6 Å². The van der Waals surface area contributed by atoms with E-state index in [-0.39, 0.29) is 18.6 Å². The molecular formula is C18H20ClNO3. The van der Waals surface area contributed by atoms with Crippen LogP contribution in [0.5, 0.6) is 11.5 Å². The number of amides is 1. The summed E-state index contributed by atoms with van der Waals surface area (Å²) < 4.78 is 10.8. The van der Waals surface area contributed by atoms with Crippen molar-refractivity contribution in [3.05, 3.63) is 58.6 Å². The highest BCUT2D eigenvalue weighted by molar-refractivity contribution is 6.31. The van der Waals surface area contributed by atoms with E-state index >= 15 is 0 Å². The summed E-state index contributed by atoms with van der Waals surface area (Å²) in [5.74, 6) is 1.16. The molecule has 0 heterocycles. The van der Waals surface area contributed by atoms with Crippen molar-refractivity contribution in [2.75, 3.05) is 13.7 Å². The molecule has 4 nitrogen and oxygen atoms in total. The second kappa shape index (κ2) is 7.88. The Kier molecular flexibility index (Phi) is 5.88. The Morgan fingerprint density at radius 2 is 2.00 bits per heavy atom. The molecule has 1 N–H and O–H groups in total. The predicted molar refractivity (Wildman–Crippen MR) is 91.2 cm³/mol. The normalized spacial score (nSPS) is 11.7. The molecule has 1 amide bonds. The van der Waals surface area contributed by atoms with Crippen LogP contribution in [0, 0.1) is 6.92 Å². The largest absolute Gasteiger partial charge is 0.496 e. The van der Waals surface area contributed by atoms with Crippen LogP contribution in [-0.4, -0.2) is 19.6 Å². The molecule has 2 rings (SSSR count). The van der Waals surface area contributed by atoms with Gasteiger partial charge in [0.05, 0.1) is 13.2 Å². The van der Waals surface area contributed by atoms with E-state index in [0.717, 1.165) is 16.9 Å². The van der Waals surface area contributed by atoms with Gasteiger partial charge < -0.3 is 14.8 Å². The van der Waals surface area contributed by atoms with Crippen LogP contribution in [0.1, 0.15) is 24.1 Å². The van der Waals surface area contributed by atoms with E-state index in [1.807, 2.05) is 38.1 Å². The van der Waals surface area contributed by atoms with Crippen LogP contribution in [0.2, 0.25) is 5.02 Å². The van der Waals surface area contributed by atoms with E-state index in [1.54, 1.807) is 25.3 Å². The smallest absolute Gasteiger partial charge is 0.258 e. The average Bonchev–Trinajstić information content (AvgIpc) is 2.55. The van der Waals surface area contributed by atoms with E-state index < -0.39 is 0 Å². The summed E-state index contributed by atoms with van der Waals surface area (Å²) in [6.45, 7) is 3.74. The Hall–Kier alpha value is -2.20. The maximum absolute atomic E-state index is 12.0. The van der Waals surface area contributed by atoms with Crippen molar-refractivity contribution >= 4 is 17.5 Å². The van der Waals surface area contributed by atoms with Crippen LogP contribution < -0.4 is 14.8 Å². The van der Waals surface area contributed by atoms with Crippen LogP contribution in [0.3, 0.4) is 0 Å². The van der Waals surface area contributed by atoms with Gasteiger partial charge in [-0.3, -0.25) is 4.79 Å². The lowest BCUT2D eigenvalue weighted by Gasteiger charge is -2.17. The summed E-state index contributed by atoms with van der Waals surface area (Å²) in [7, 11) is 1.61. The second-order valence-electron chi connectivity index (χ2n) is 5.23. The maximum atomic E-state index is 12.0. The number of hydrogen-bond acceptors (Lipinski definition) is 3. The minimum absolute atomic E-state index is 0.0550. The molecule has 23 heavy (non-hydrogen) atoms. The SMILES string of the molecule is COc1ccccc1[C@@H](C)NC(=O)COc1ccc(Cl)c(C)c1. The lowest BCUT2D eigenvalue weighted by Crippen LogP contribution is -2.31. The lowest BCUT2D eigenvalue weighted by molar-refractivity contribution is -0.123. The van der Waals surface area contributed by atoms with Gasteiger partial charge in [-0.15, -0.1) is 0 Å². The summed E-state index contributed by atoms with van der Waals surface area (Å²) in [6.07, 6.45) is 0. The summed E-state index contributed by atoms with van der Waals surface area (Å²) in [4.78, 5) is 12.0. The number of hydrogen-bond donors (Lipinski definition) is 1. The molecule has 0 aliphatic rings. The highest BCUT2D eigenvalue weighted by Gasteiger charge is 2.14. The number of para-hydroxylation sites is 1. The molecule has 0 aromatic heterocycles. The first-order chi connectivity index (χ1) is 11.0. The average molecular weight is 334 g/mol. The third-order valence-corrected chi connectivity index (χ3v) is 3.91. The molecule has 0 saturated heterocycles. The molecule has 2 aromatic rings. The molecule has 0 radical (unpaired) electrons. The van der Waals surface area contributed by atoms with Gasteiger partial charge in [-0.25, -0.2) is 0 Å². The van der Waals surface area contributed by atoms with Crippen molar-refractivity contribution in [3.63, 3.8) is 0 Å². The number of rotatable bonds is 6. The van der Waals surface area contributed by atoms with Gasteiger partial charge in [-0.05, 0) is 43.7 Å². The van der Waals surface area contributed by atoms with Crippen molar-refractivity contribution in [3.8, 4) is 11.5 Å². The number of halogens is 1. The van der Waals surface area contributed by atoms with Gasteiger partial charge in [0.2, 0.25) is 0 Å². The van der Waals surface area contributed by atoms with Gasteiger partial charge in [0.25, 0.3) is 5.91 Å². The van der Waals surface area contributed by atoms with Crippen molar-refractivity contribution in [2.45, 2.75) is 19.9 Å². The van der Waals surface area contributed by atoms with E-state index in [1.165, 1.54) is 0 Å². The number of ether oxygens (including phenoxy) is 2. The van der Waals surface area contributed by atoms with Crippen molar-refractivity contribution in [1.82, 2.24) is 5.32 Å². The molecule has 0 saturated carbocycles. The van der Waals surface area contributed by atoms with Crippen molar-refractivity contribution in [1.29, 1.82) is 0 Å². The quantitative estimate of drug-likeness (QED) is 0.871. The van der Waals surface area contributed by atoms with Gasteiger partial charge in [0, 0.05) is 10.6 Å². The zero-order valence-corrected chi connectivity index (χ0v) is 14.2. The third kappa shape index (κ3) is 4.63. The third-order valence-electron chi connectivity index (χ3n) is 3.48. The summed E-state index contributed by atoms with van der Waals surface area (Å²) in [6, 6.07) is 12.7. The predicted octanol–water partition coefficient (Wildman–Crippen LogP) is 3.91. The van der Waals surface area contributed by atoms with Crippen molar-refractivity contribution < 1.29 is 14.3 Å². The lowest BCUT2D eigenvalue weighted by atomic mass is 10.1. The first-order valence-electron chi connectivity index (χ1n) is 7.32. The molecule has 5 heteroatoms. The Morgan fingerprint density at radius 1 is 1.26 bits per heavy atom. The minimum Gasteiger partial charge on any atom is -0.496 e. The standard InChI is InChI=1S/C18H20ClNO3/c1-12-10-14(8-9-16(12)19)23-11-18(21)20-13(2)15-6-4-5-7-17(15)22-3/h4-10,13H,11H2,1-3H3,(H,20,21)/t13-/m1/s1. The molecular weight excluding hydrogens is 314 g/mol. The van der Waals surface area contributed by atoms with Crippen LogP contribution in [0.4, 0.5) is 0 Å². The Morgan fingerprint density at radius 3 is 2.70 bits per heavy atom. The Bertz CT molecular complexity index is 688. The van der Waals surface area contributed by atoms with Crippen LogP contribution in [0.25, 0.3) is 0 Å².